The quantitative estimate of drug-likeness (QED) is 0.396. The molecule has 1 fully saturated rings. The first-order valence-corrected chi connectivity index (χ1v) is 10.1. The summed E-state index contributed by atoms with van der Waals surface area (Å²) in [5, 5.41) is 10.3. The van der Waals surface area contributed by atoms with Crippen molar-refractivity contribution in [2.75, 3.05) is 18.1 Å². The van der Waals surface area contributed by atoms with Crippen molar-refractivity contribution in [3.05, 3.63) is 11.3 Å². The molecule has 1 saturated heterocycles. The molecule has 2 rings (SSSR count). The number of halogens is 3. The Labute approximate surface area is 160 Å². The molecule has 2 aliphatic heterocycles. The van der Waals surface area contributed by atoms with E-state index in [-0.39, 0.29) is 17.9 Å². The number of amides is 2. The van der Waals surface area contributed by atoms with Crippen LogP contribution in [0.4, 0.5) is 13.2 Å². The summed E-state index contributed by atoms with van der Waals surface area (Å²) in [5.74, 6) is -6.52. The fraction of sp³-hybridized carbons (Fsp3) is 0.538. The molecule has 2 heterocycles. The topological polar surface area (TPSA) is 147 Å². The largest absolute Gasteiger partial charge is 0.497 e. The standard InChI is InChI=1S/C13H13F3N2O8S2/c1-5(19)26-2-6-3-27-11-8(10(21)18(11)9(6)12(22)23)17-7(20)4-28(24,25)13(14,15)16/h8,11H,2-4H2,1H3,(H,17,20)(H,22,23)/t8-,11-/m1/s1. The van der Waals surface area contributed by atoms with Crippen molar-refractivity contribution in [3.8, 4) is 0 Å². The molecule has 2 atom stereocenters. The zero-order valence-electron chi connectivity index (χ0n) is 14.0. The number of nitrogens with zero attached hydrogens (tertiary/aromatic N) is 1. The van der Waals surface area contributed by atoms with Gasteiger partial charge in [0.1, 0.15) is 29.5 Å². The van der Waals surface area contributed by atoms with Crippen molar-refractivity contribution in [2.24, 2.45) is 0 Å². The van der Waals surface area contributed by atoms with Crippen LogP contribution in [0, 0.1) is 0 Å². The summed E-state index contributed by atoms with van der Waals surface area (Å²) in [6.45, 7) is 0.733. The molecule has 0 aromatic carbocycles. The number of aliphatic carboxylic acids is 1. The third-order valence-electron chi connectivity index (χ3n) is 3.69. The Kier molecular flexibility index (Phi) is 5.98. The number of carbonyl (C=O) groups excluding carboxylic acids is 3. The molecule has 0 saturated carbocycles. The zero-order valence-corrected chi connectivity index (χ0v) is 15.6. The minimum absolute atomic E-state index is 0.0105. The van der Waals surface area contributed by atoms with Crippen molar-refractivity contribution >= 4 is 45.4 Å². The van der Waals surface area contributed by atoms with Gasteiger partial charge >= 0.3 is 17.4 Å². The highest BCUT2D eigenvalue weighted by Crippen LogP contribution is 2.40. The van der Waals surface area contributed by atoms with Gasteiger partial charge in [-0.1, -0.05) is 0 Å². The normalized spacial score (nSPS) is 22.3. The molecule has 0 radical (unpaired) electrons. The number of carboxylic acid groups (broad SMARTS) is 1. The van der Waals surface area contributed by atoms with Gasteiger partial charge in [-0.2, -0.15) is 13.2 Å². The number of hydrogen-bond donors (Lipinski definition) is 2. The molecule has 0 aliphatic carbocycles. The summed E-state index contributed by atoms with van der Waals surface area (Å²) in [4.78, 5) is 47.0. The first-order chi connectivity index (χ1) is 12.8. The molecule has 0 aromatic rings. The number of hydrogen-bond acceptors (Lipinski definition) is 8. The maximum absolute atomic E-state index is 12.3. The van der Waals surface area contributed by atoms with Gasteiger partial charge in [0.05, 0.1) is 0 Å². The zero-order chi connectivity index (χ0) is 21.4. The van der Waals surface area contributed by atoms with E-state index >= 15 is 0 Å². The number of carbonyl (C=O) groups is 4. The van der Waals surface area contributed by atoms with Crippen molar-refractivity contribution in [3.63, 3.8) is 0 Å². The smallest absolute Gasteiger partial charge is 0.477 e. The molecule has 156 valence electrons. The van der Waals surface area contributed by atoms with Crippen LogP contribution in [0.3, 0.4) is 0 Å². The summed E-state index contributed by atoms with van der Waals surface area (Å²) >= 11 is 0.977. The molecule has 2 amide bonds. The Balaban J connectivity index is 2.12. The summed E-state index contributed by atoms with van der Waals surface area (Å²) in [6, 6.07) is -1.38. The number of β-lactam (4-membered cyclic amide) rings is 1. The van der Waals surface area contributed by atoms with Gasteiger partial charge in [0.25, 0.3) is 15.7 Å². The first-order valence-electron chi connectivity index (χ1n) is 7.38. The van der Waals surface area contributed by atoms with Gasteiger partial charge < -0.3 is 15.2 Å². The molecule has 2 aliphatic rings. The second kappa shape index (κ2) is 7.62. The van der Waals surface area contributed by atoms with Crippen LogP contribution in [-0.4, -0.2) is 77.2 Å². The number of fused-ring (bicyclic) bond motifs is 1. The highest BCUT2D eigenvalue weighted by molar-refractivity contribution is 8.00. The minimum Gasteiger partial charge on any atom is -0.477 e. The van der Waals surface area contributed by atoms with E-state index in [4.69, 9.17) is 4.74 Å². The molecular formula is C13H13F3N2O8S2. The third kappa shape index (κ3) is 4.24. The summed E-state index contributed by atoms with van der Waals surface area (Å²) in [5.41, 5.74) is -5.95. The predicted octanol–water partition coefficient (Wildman–Crippen LogP) is -0.777. The average molecular weight is 446 g/mol. The van der Waals surface area contributed by atoms with E-state index < -0.39 is 62.0 Å². The van der Waals surface area contributed by atoms with E-state index in [1.807, 2.05) is 5.32 Å². The summed E-state index contributed by atoms with van der Waals surface area (Å²) < 4.78 is 63.7. The highest BCUT2D eigenvalue weighted by atomic mass is 32.2. The number of alkyl halides is 3. The summed E-state index contributed by atoms with van der Waals surface area (Å²) in [7, 11) is -5.72. The molecule has 0 aromatic heterocycles. The van der Waals surface area contributed by atoms with Gasteiger partial charge in [-0.3, -0.25) is 19.3 Å². The SMILES string of the molecule is CC(=O)OCC1=C(C(=O)O)N2C(=O)[C@@H](NC(=O)CS(=O)(=O)C(F)(F)F)[C@H]2SC1. The fourth-order valence-corrected chi connectivity index (χ4v) is 4.37. The van der Waals surface area contributed by atoms with Crippen molar-refractivity contribution in [1.29, 1.82) is 0 Å². The maximum atomic E-state index is 12.3. The monoisotopic (exact) mass is 446 g/mol. The molecule has 0 spiro atoms. The van der Waals surface area contributed by atoms with Crippen LogP contribution in [0.5, 0.6) is 0 Å². The Hall–Kier alpha value is -2.29. The van der Waals surface area contributed by atoms with E-state index in [2.05, 4.69) is 0 Å². The Bertz CT molecular complexity index is 867. The summed E-state index contributed by atoms with van der Waals surface area (Å²) in [6.07, 6.45) is 0. The van der Waals surface area contributed by atoms with Gasteiger partial charge in [0, 0.05) is 18.2 Å². The lowest BCUT2D eigenvalue weighted by Crippen LogP contribution is -2.71. The Morgan fingerprint density at radius 1 is 1.36 bits per heavy atom. The van der Waals surface area contributed by atoms with Gasteiger partial charge in [-0.25, -0.2) is 13.2 Å². The van der Waals surface area contributed by atoms with E-state index in [9.17, 15) is 45.9 Å². The molecule has 10 nitrogen and oxygen atoms in total. The van der Waals surface area contributed by atoms with Gasteiger partial charge in [-0.05, 0) is 0 Å². The van der Waals surface area contributed by atoms with Crippen LogP contribution in [0.1, 0.15) is 6.92 Å². The Morgan fingerprint density at radius 2 is 1.96 bits per heavy atom. The van der Waals surface area contributed by atoms with Crippen LogP contribution in [0.15, 0.2) is 11.3 Å². The van der Waals surface area contributed by atoms with E-state index in [0.717, 1.165) is 23.6 Å². The second-order valence-electron chi connectivity index (χ2n) is 5.70. The van der Waals surface area contributed by atoms with Crippen molar-refractivity contribution in [1.82, 2.24) is 10.2 Å². The van der Waals surface area contributed by atoms with Gasteiger partial charge in [0.2, 0.25) is 5.91 Å². The number of sulfone groups is 1. The number of carboxylic acids is 1. The third-order valence-corrected chi connectivity index (χ3v) is 6.38. The fourth-order valence-electron chi connectivity index (χ4n) is 2.45. The van der Waals surface area contributed by atoms with Gasteiger partial charge in [0.15, 0.2) is 0 Å². The lowest BCUT2D eigenvalue weighted by molar-refractivity contribution is -0.150. The molecule has 0 unspecified atom stereocenters. The van der Waals surface area contributed by atoms with Crippen LogP contribution >= 0.6 is 11.8 Å². The molecule has 2 N–H and O–H groups in total. The maximum Gasteiger partial charge on any atom is 0.497 e. The van der Waals surface area contributed by atoms with Crippen molar-refractivity contribution in [2.45, 2.75) is 23.8 Å². The average Bonchev–Trinajstić information content (AvgIpc) is 2.55. The highest BCUT2D eigenvalue weighted by Gasteiger charge is 2.55. The number of thioether (sulfide) groups is 1. The van der Waals surface area contributed by atoms with Gasteiger partial charge in [-0.15, -0.1) is 11.8 Å². The minimum atomic E-state index is -5.72. The van der Waals surface area contributed by atoms with Crippen LogP contribution in [0.25, 0.3) is 0 Å². The molecule has 15 heteroatoms. The van der Waals surface area contributed by atoms with E-state index in [0.29, 0.717) is 0 Å². The number of nitrogens with one attached hydrogen (secondary N) is 1. The first kappa shape index (κ1) is 22.0. The van der Waals surface area contributed by atoms with Crippen LogP contribution in [-0.2, 0) is 33.8 Å². The molecule has 28 heavy (non-hydrogen) atoms. The number of rotatable bonds is 6. The number of esters is 1. The number of ether oxygens (including phenoxy) is 1. The lowest BCUT2D eigenvalue weighted by atomic mass is 10.0. The van der Waals surface area contributed by atoms with E-state index in [1.165, 1.54) is 0 Å². The lowest BCUT2D eigenvalue weighted by Gasteiger charge is -2.49. The molecule has 0 bridgehead atoms. The van der Waals surface area contributed by atoms with Crippen LogP contribution in [0.2, 0.25) is 0 Å². The molecular weight excluding hydrogens is 433 g/mol. The van der Waals surface area contributed by atoms with Crippen LogP contribution < -0.4 is 5.32 Å². The second-order valence-corrected chi connectivity index (χ2v) is 8.78. The van der Waals surface area contributed by atoms with E-state index in [1.54, 1.807) is 0 Å². The Morgan fingerprint density at radius 3 is 2.46 bits per heavy atom. The van der Waals surface area contributed by atoms with Crippen molar-refractivity contribution < 1.29 is 50.6 Å². The predicted molar refractivity (Wildman–Crippen MR) is 86.2 cm³/mol.